The van der Waals surface area contributed by atoms with E-state index < -0.39 is 10.0 Å². The molecule has 198 valence electrons. The summed E-state index contributed by atoms with van der Waals surface area (Å²) in [5.41, 5.74) is 3.37. The zero-order chi connectivity index (χ0) is 26.5. The summed E-state index contributed by atoms with van der Waals surface area (Å²) in [6.45, 7) is 3.57. The molecule has 0 radical (unpaired) electrons. The fourth-order valence-electron chi connectivity index (χ4n) is 4.27. The summed E-state index contributed by atoms with van der Waals surface area (Å²) in [5, 5.41) is 9.67. The molecule has 2 aromatic heterocycles. The van der Waals surface area contributed by atoms with E-state index in [0.717, 1.165) is 24.2 Å². The zero-order valence-electron chi connectivity index (χ0n) is 20.9. The van der Waals surface area contributed by atoms with E-state index in [1.165, 1.54) is 12.1 Å². The quantitative estimate of drug-likeness (QED) is 0.252. The maximum absolute atomic E-state index is 13.2. The average Bonchev–Trinajstić information content (AvgIpc) is 3.34. The van der Waals surface area contributed by atoms with Crippen LogP contribution >= 0.6 is 0 Å². The number of sulfonamides is 1. The van der Waals surface area contributed by atoms with Gasteiger partial charge in [-0.2, -0.15) is 9.29 Å². The Morgan fingerprint density at radius 1 is 0.974 bits per heavy atom. The van der Waals surface area contributed by atoms with Crippen molar-refractivity contribution in [2.75, 3.05) is 23.7 Å². The molecule has 4 N–H and O–H groups in total. The third-order valence-corrected chi connectivity index (χ3v) is 8.39. The van der Waals surface area contributed by atoms with Gasteiger partial charge in [0.1, 0.15) is 11.6 Å². The second-order valence-corrected chi connectivity index (χ2v) is 11.0. The number of nitrogens with one attached hydrogen (secondary N) is 4. The lowest BCUT2D eigenvalue weighted by Gasteiger charge is -2.31. The van der Waals surface area contributed by atoms with E-state index >= 15 is 0 Å². The maximum Gasteiger partial charge on any atom is 0.243 e. The highest BCUT2D eigenvalue weighted by Crippen LogP contribution is 2.24. The zero-order valence-corrected chi connectivity index (χ0v) is 21.7. The van der Waals surface area contributed by atoms with Gasteiger partial charge in [0.15, 0.2) is 0 Å². The van der Waals surface area contributed by atoms with E-state index in [2.05, 4.69) is 35.9 Å². The molecule has 5 rings (SSSR count). The number of anilines is 4. The van der Waals surface area contributed by atoms with Crippen LogP contribution in [0.3, 0.4) is 0 Å². The SMILES string of the molecule is Cc1nc[nH]c1CNC1CCN(S(=O)(=O)c2ccc(Nc3nccc(Nc4ccc(F)cc4)n3)cc2)CC1. The number of hydrogen-bond donors (Lipinski definition) is 4. The molecule has 1 aliphatic rings. The van der Waals surface area contributed by atoms with E-state index in [1.54, 1.807) is 59.3 Å². The minimum absolute atomic E-state index is 0.246. The highest BCUT2D eigenvalue weighted by molar-refractivity contribution is 7.89. The van der Waals surface area contributed by atoms with Gasteiger partial charge in [0.2, 0.25) is 16.0 Å². The monoisotopic (exact) mass is 536 g/mol. The van der Waals surface area contributed by atoms with E-state index in [0.29, 0.717) is 42.8 Å². The van der Waals surface area contributed by atoms with Crippen molar-refractivity contribution in [2.45, 2.75) is 37.2 Å². The molecule has 0 saturated carbocycles. The number of aromatic nitrogens is 4. The second kappa shape index (κ2) is 11.3. The number of rotatable bonds is 9. The first-order valence-electron chi connectivity index (χ1n) is 12.3. The number of nitrogens with zero attached hydrogens (tertiary/aromatic N) is 4. The standard InChI is InChI=1S/C26H29FN8O2S/c1-18-24(31-17-30-18)16-29-20-11-14-35(15-12-20)38(36,37)23-8-6-22(7-9-23)33-26-28-13-10-25(34-26)32-21-4-2-19(27)3-5-21/h2-10,13,17,20,29H,11-12,14-16H2,1H3,(H,30,31)(H2,28,32,33,34). The van der Waals surface area contributed by atoms with Gasteiger partial charge in [-0.15, -0.1) is 0 Å². The molecule has 4 aromatic rings. The number of piperidine rings is 1. The van der Waals surface area contributed by atoms with Crippen LogP contribution in [0, 0.1) is 12.7 Å². The van der Waals surface area contributed by atoms with Crippen LogP contribution in [-0.2, 0) is 16.6 Å². The number of hydrogen-bond acceptors (Lipinski definition) is 8. The summed E-state index contributed by atoms with van der Waals surface area (Å²) in [7, 11) is -3.59. The Morgan fingerprint density at radius 3 is 2.34 bits per heavy atom. The van der Waals surface area contributed by atoms with Crippen molar-refractivity contribution >= 4 is 33.2 Å². The fourth-order valence-corrected chi connectivity index (χ4v) is 5.74. The van der Waals surface area contributed by atoms with E-state index in [-0.39, 0.29) is 16.8 Å². The van der Waals surface area contributed by atoms with Gasteiger partial charge in [0, 0.05) is 43.2 Å². The van der Waals surface area contributed by atoms with Gasteiger partial charge in [-0.05, 0) is 74.4 Å². The minimum Gasteiger partial charge on any atom is -0.347 e. The largest absolute Gasteiger partial charge is 0.347 e. The molecular weight excluding hydrogens is 507 g/mol. The fraction of sp³-hybridized carbons (Fsp3) is 0.269. The lowest BCUT2D eigenvalue weighted by Crippen LogP contribution is -2.44. The summed E-state index contributed by atoms with van der Waals surface area (Å²) < 4.78 is 41.1. The van der Waals surface area contributed by atoms with E-state index in [1.807, 2.05) is 6.92 Å². The number of benzene rings is 2. The van der Waals surface area contributed by atoms with Gasteiger partial charge in [-0.25, -0.2) is 22.8 Å². The maximum atomic E-state index is 13.2. The molecule has 3 heterocycles. The van der Waals surface area contributed by atoms with Crippen LogP contribution in [-0.4, -0.2) is 51.8 Å². The van der Waals surface area contributed by atoms with Gasteiger partial charge in [-0.1, -0.05) is 0 Å². The number of halogens is 1. The molecule has 0 atom stereocenters. The first-order chi connectivity index (χ1) is 18.4. The first kappa shape index (κ1) is 25.8. The van der Waals surface area contributed by atoms with Crippen molar-refractivity contribution in [3.05, 3.63) is 84.3 Å². The van der Waals surface area contributed by atoms with Crippen molar-refractivity contribution in [3.63, 3.8) is 0 Å². The molecule has 1 aliphatic heterocycles. The van der Waals surface area contributed by atoms with Crippen LogP contribution in [0.1, 0.15) is 24.2 Å². The Balaban J connectivity index is 1.16. The average molecular weight is 537 g/mol. The highest BCUT2D eigenvalue weighted by Gasteiger charge is 2.29. The van der Waals surface area contributed by atoms with Crippen LogP contribution in [0.25, 0.3) is 0 Å². The topological polar surface area (TPSA) is 128 Å². The van der Waals surface area contributed by atoms with Crippen molar-refractivity contribution in [2.24, 2.45) is 0 Å². The van der Waals surface area contributed by atoms with Gasteiger partial charge in [-0.3, -0.25) is 0 Å². The van der Waals surface area contributed by atoms with Gasteiger partial charge in [0.25, 0.3) is 0 Å². The lowest BCUT2D eigenvalue weighted by molar-refractivity contribution is 0.288. The normalized spacial score (nSPS) is 14.9. The number of aryl methyl sites for hydroxylation is 1. The highest BCUT2D eigenvalue weighted by atomic mass is 32.2. The van der Waals surface area contributed by atoms with Crippen molar-refractivity contribution in [1.29, 1.82) is 0 Å². The Hall–Kier alpha value is -3.87. The predicted molar refractivity (Wildman–Crippen MR) is 143 cm³/mol. The Bertz CT molecular complexity index is 1470. The molecular formula is C26H29FN8O2S. The molecule has 2 aromatic carbocycles. The Labute approximate surface area is 220 Å². The summed E-state index contributed by atoms with van der Waals surface area (Å²) in [6, 6.07) is 14.5. The third-order valence-electron chi connectivity index (χ3n) is 6.48. The molecule has 0 bridgehead atoms. The van der Waals surface area contributed by atoms with Crippen LogP contribution in [0.2, 0.25) is 0 Å². The molecule has 0 aliphatic carbocycles. The molecule has 0 unspecified atom stereocenters. The Morgan fingerprint density at radius 2 is 1.66 bits per heavy atom. The lowest BCUT2D eigenvalue weighted by atomic mass is 10.1. The van der Waals surface area contributed by atoms with Crippen molar-refractivity contribution in [1.82, 2.24) is 29.6 Å². The molecule has 0 spiro atoms. The van der Waals surface area contributed by atoms with Crippen LogP contribution in [0.4, 0.5) is 27.5 Å². The Kier molecular flexibility index (Phi) is 7.63. The van der Waals surface area contributed by atoms with Gasteiger partial charge < -0.3 is 20.9 Å². The first-order valence-corrected chi connectivity index (χ1v) is 13.8. The minimum atomic E-state index is -3.59. The number of aromatic amines is 1. The van der Waals surface area contributed by atoms with Crippen molar-refractivity contribution < 1.29 is 12.8 Å². The summed E-state index contributed by atoms with van der Waals surface area (Å²) >= 11 is 0. The van der Waals surface area contributed by atoms with Crippen LogP contribution in [0.5, 0.6) is 0 Å². The predicted octanol–water partition coefficient (Wildman–Crippen LogP) is 4.08. The summed E-state index contributed by atoms with van der Waals surface area (Å²) in [6.07, 6.45) is 4.76. The van der Waals surface area contributed by atoms with E-state index in [4.69, 9.17) is 0 Å². The molecule has 1 fully saturated rings. The third kappa shape index (κ3) is 6.15. The number of H-pyrrole nitrogens is 1. The summed E-state index contributed by atoms with van der Waals surface area (Å²) in [4.78, 5) is 16.2. The second-order valence-electron chi connectivity index (χ2n) is 9.07. The van der Waals surface area contributed by atoms with E-state index in [9.17, 15) is 12.8 Å². The van der Waals surface area contributed by atoms with Crippen molar-refractivity contribution in [3.8, 4) is 0 Å². The van der Waals surface area contributed by atoms with Crippen LogP contribution < -0.4 is 16.0 Å². The smallest absolute Gasteiger partial charge is 0.243 e. The summed E-state index contributed by atoms with van der Waals surface area (Å²) in [5.74, 6) is 0.558. The molecule has 12 heteroatoms. The van der Waals surface area contributed by atoms with Gasteiger partial charge >= 0.3 is 0 Å². The van der Waals surface area contributed by atoms with Crippen LogP contribution in [0.15, 0.2) is 72.0 Å². The van der Waals surface area contributed by atoms with Gasteiger partial charge in [0.05, 0.1) is 22.6 Å². The molecule has 10 nitrogen and oxygen atoms in total. The molecule has 38 heavy (non-hydrogen) atoms. The molecule has 1 saturated heterocycles. The molecule has 0 amide bonds. The number of imidazole rings is 1.